The van der Waals surface area contributed by atoms with Crippen LogP contribution >= 0.6 is 0 Å². The predicted octanol–water partition coefficient (Wildman–Crippen LogP) is 3.13. The van der Waals surface area contributed by atoms with E-state index >= 15 is 0 Å². The number of rotatable bonds is 9. The molecule has 0 radical (unpaired) electrons. The van der Waals surface area contributed by atoms with Gasteiger partial charge in [0.2, 0.25) is 5.75 Å². The molecule has 0 aliphatic heterocycles. The van der Waals surface area contributed by atoms with Crippen LogP contribution in [-0.2, 0) is 20.7 Å². The molecule has 4 aliphatic rings. The Bertz CT molecular complexity index is 775. The fourth-order valence-electron chi connectivity index (χ4n) is 6.44. The summed E-state index contributed by atoms with van der Waals surface area (Å²) in [5.74, 6) is 3.24. The highest BCUT2D eigenvalue weighted by Crippen LogP contribution is 2.59. The fourth-order valence-corrected chi connectivity index (χ4v) is 6.44. The summed E-state index contributed by atoms with van der Waals surface area (Å²) >= 11 is 0. The van der Waals surface area contributed by atoms with Crippen LogP contribution in [0.15, 0.2) is 12.1 Å². The van der Waals surface area contributed by atoms with Crippen LogP contribution in [0.1, 0.15) is 44.1 Å². The Hall–Kier alpha value is -2.44. The summed E-state index contributed by atoms with van der Waals surface area (Å²) in [5, 5.41) is 3.04. The van der Waals surface area contributed by atoms with E-state index in [-0.39, 0.29) is 24.3 Å². The summed E-state index contributed by atoms with van der Waals surface area (Å²) in [6, 6.07) is 3.41. The number of carbonyl (C=O) groups excluding carboxylic acids is 2. The molecule has 170 valence electrons. The van der Waals surface area contributed by atoms with E-state index in [9.17, 15) is 9.59 Å². The second-order valence-corrected chi connectivity index (χ2v) is 9.57. The molecule has 4 bridgehead atoms. The lowest BCUT2D eigenvalue weighted by molar-refractivity contribution is -0.148. The van der Waals surface area contributed by atoms with E-state index in [2.05, 4.69) is 5.32 Å². The number of methoxy groups -OCH3 is 3. The van der Waals surface area contributed by atoms with E-state index in [4.69, 9.17) is 18.9 Å². The third-order valence-electron chi connectivity index (χ3n) is 7.26. The Balaban J connectivity index is 1.26. The van der Waals surface area contributed by atoms with Gasteiger partial charge in [0, 0.05) is 6.54 Å². The van der Waals surface area contributed by atoms with E-state index in [1.54, 1.807) is 12.1 Å². The first kappa shape index (κ1) is 21.8. The molecule has 7 heteroatoms. The van der Waals surface area contributed by atoms with Crippen molar-refractivity contribution in [3.05, 3.63) is 17.7 Å². The summed E-state index contributed by atoms with van der Waals surface area (Å²) in [6.07, 6.45) is 7.86. The van der Waals surface area contributed by atoms with Crippen LogP contribution in [-0.4, -0.2) is 46.4 Å². The highest BCUT2D eigenvalue weighted by Gasteiger charge is 2.50. The van der Waals surface area contributed by atoms with Crippen molar-refractivity contribution in [3.63, 3.8) is 0 Å². The molecule has 0 aromatic heterocycles. The summed E-state index contributed by atoms with van der Waals surface area (Å²) in [6.45, 7) is 0.454. The molecule has 5 rings (SSSR count). The maximum Gasteiger partial charge on any atom is 0.310 e. The van der Waals surface area contributed by atoms with Crippen molar-refractivity contribution in [3.8, 4) is 17.2 Å². The Labute approximate surface area is 183 Å². The first-order chi connectivity index (χ1) is 14.9. The summed E-state index contributed by atoms with van der Waals surface area (Å²) in [5.41, 5.74) is 0.929. The minimum Gasteiger partial charge on any atom is -0.493 e. The number of hydrogen-bond donors (Lipinski definition) is 1. The summed E-state index contributed by atoms with van der Waals surface area (Å²) < 4.78 is 21.1. The minimum atomic E-state index is -0.473. The first-order valence-corrected chi connectivity index (χ1v) is 11.1. The number of hydrogen-bond acceptors (Lipinski definition) is 6. The topological polar surface area (TPSA) is 83.1 Å². The number of esters is 1. The zero-order valence-electron chi connectivity index (χ0n) is 18.7. The molecule has 0 spiro atoms. The van der Waals surface area contributed by atoms with Crippen molar-refractivity contribution in [2.45, 2.75) is 44.9 Å². The highest BCUT2D eigenvalue weighted by molar-refractivity contribution is 5.81. The lowest BCUT2D eigenvalue weighted by Gasteiger charge is -2.56. The van der Waals surface area contributed by atoms with E-state index in [0.29, 0.717) is 29.4 Å². The van der Waals surface area contributed by atoms with Crippen LogP contribution < -0.4 is 19.5 Å². The van der Waals surface area contributed by atoms with Crippen LogP contribution in [0.3, 0.4) is 0 Å². The van der Waals surface area contributed by atoms with Gasteiger partial charge in [0.15, 0.2) is 18.1 Å². The molecule has 1 aromatic carbocycles. The quantitative estimate of drug-likeness (QED) is 0.605. The van der Waals surface area contributed by atoms with Crippen molar-refractivity contribution in [2.75, 3.05) is 34.5 Å². The van der Waals surface area contributed by atoms with E-state index in [1.807, 2.05) is 0 Å². The smallest absolute Gasteiger partial charge is 0.310 e. The van der Waals surface area contributed by atoms with Crippen molar-refractivity contribution < 1.29 is 28.5 Å². The van der Waals surface area contributed by atoms with Gasteiger partial charge < -0.3 is 24.3 Å². The molecule has 4 aliphatic carbocycles. The van der Waals surface area contributed by atoms with Crippen LogP contribution in [0.2, 0.25) is 0 Å². The van der Waals surface area contributed by atoms with E-state index < -0.39 is 5.97 Å². The Morgan fingerprint density at radius 1 is 0.935 bits per heavy atom. The van der Waals surface area contributed by atoms with Crippen molar-refractivity contribution in [1.29, 1.82) is 0 Å². The van der Waals surface area contributed by atoms with Crippen molar-refractivity contribution in [2.24, 2.45) is 23.2 Å². The monoisotopic (exact) mass is 431 g/mol. The molecule has 0 unspecified atom stereocenters. The fraction of sp³-hybridized carbons (Fsp3) is 0.667. The third-order valence-corrected chi connectivity index (χ3v) is 7.26. The van der Waals surface area contributed by atoms with Gasteiger partial charge in [-0.2, -0.15) is 0 Å². The predicted molar refractivity (Wildman–Crippen MR) is 114 cm³/mol. The molecule has 0 saturated heterocycles. The van der Waals surface area contributed by atoms with Crippen molar-refractivity contribution in [1.82, 2.24) is 5.32 Å². The first-order valence-electron chi connectivity index (χ1n) is 11.1. The van der Waals surface area contributed by atoms with Gasteiger partial charge in [-0.05, 0) is 79.4 Å². The highest BCUT2D eigenvalue weighted by atomic mass is 16.5. The van der Waals surface area contributed by atoms with Gasteiger partial charge in [-0.3, -0.25) is 9.59 Å². The van der Waals surface area contributed by atoms with Crippen LogP contribution in [0, 0.1) is 23.2 Å². The van der Waals surface area contributed by atoms with Crippen LogP contribution in [0.4, 0.5) is 0 Å². The van der Waals surface area contributed by atoms with Crippen LogP contribution in [0.25, 0.3) is 0 Å². The van der Waals surface area contributed by atoms with Gasteiger partial charge in [0.05, 0.1) is 27.8 Å². The molecule has 7 nitrogen and oxygen atoms in total. The SMILES string of the molecule is COc1cc(CC(=O)OCC(=O)NCC23CC4CC(CC(C4)C2)C3)cc(OC)c1OC. The molecule has 1 N–H and O–H groups in total. The van der Waals surface area contributed by atoms with Gasteiger partial charge in [-0.15, -0.1) is 0 Å². The van der Waals surface area contributed by atoms with E-state index in [0.717, 1.165) is 17.8 Å². The molecular formula is C24H33NO6. The average molecular weight is 432 g/mol. The van der Waals surface area contributed by atoms with E-state index in [1.165, 1.54) is 59.9 Å². The lowest BCUT2D eigenvalue weighted by atomic mass is 9.49. The second-order valence-electron chi connectivity index (χ2n) is 9.57. The summed E-state index contributed by atoms with van der Waals surface area (Å²) in [4.78, 5) is 24.6. The summed E-state index contributed by atoms with van der Waals surface area (Å²) in [7, 11) is 4.57. The molecule has 0 atom stereocenters. The zero-order valence-corrected chi connectivity index (χ0v) is 18.7. The normalized spacial score (nSPS) is 28.2. The van der Waals surface area contributed by atoms with Gasteiger partial charge >= 0.3 is 5.97 Å². The third kappa shape index (κ3) is 4.75. The maximum atomic E-state index is 12.3. The Morgan fingerprint density at radius 3 is 1.97 bits per heavy atom. The molecule has 31 heavy (non-hydrogen) atoms. The van der Waals surface area contributed by atoms with Gasteiger partial charge in [-0.25, -0.2) is 0 Å². The largest absolute Gasteiger partial charge is 0.493 e. The zero-order chi connectivity index (χ0) is 22.0. The Morgan fingerprint density at radius 2 is 1.48 bits per heavy atom. The standard InChI is InChI=1S/C24H33NO6/c1-28-19-7-15(8-20(29-2)23(19)30-3)9-22(27)31-13-21(26)25-14-24-10-16-4-17(11-24)6-18(5-16)12-24/h7-8,16-18H,4-6,9-14H2,1-3H3,(H,25,26). The van der Waals surface area contributed by atoms with Gasteiger partial charge in [0.1, 0.15) is 0 Å². The lowest BCUT2D eigenvalue weighted by Crippen LogP contribution is -2.51. The Kier molecular flexibility index (Phi) is 6.30. The van der Waals surface area contributed by atoms with Gasteiger partial charge in [-0.1, -0.05) is 0 Å². The van der Waals surface area contributed by atoms with Gasteiger partial charge in [0.25, 0.3) is 5.91 Å². The number of nitrogens with one attached hydrogen (secondary N) is 1. The molecule has 1 aromatic rings. The molecule has 1 amide bonds. The maximum absolute atomic E-state index is 12.3. The number of ether oxygens (including phenoxy) is 4. The van der Waals surface area contributed by atoms with Crippen LogP contribution in [0.5, 0.6) is 17.2 Å². The molecule has 0 heterocycles. The molecule has 4 fully saturated rings. The minimum absolute atomic E-state index is 0.0129. The molecule has 4 saturated carbocycles. The molecular weight excluding hydrogens is 398 g/mol. The second kappa shape index (κ2) is 8.97. The van der Waals surface area contributed by atoms with Crippen molar-refractivity contribution >= 4 is 11.9 Å². The average Bonchev–Trinajstić information content (AvgIpc) is 2.74. The number of benzene rings is 1. The number of carbonyl (C=O) groups is 2. The number of amides is 1.